The molecule has 0 spiro atoms. The fourth-order valence-electron chi connectivity index (χ4n) is 29.8. The Labute approximate surface area is 616 Å². The molecule has 33 atom stereocenters. The van der Waals surface area contributed by atoms with Gasteiger partial charge in [0, 0.05) is 37.4 Å². The van der Waals surface area contributed by atoms with Crippen LogP contribution in [0.1, 0.15) is 296 Å². The predicted octanol–water partition coefficient (Wildman–Crippen LogP) is 14.0. The second kappa shape index (κ2) is 29.3. The Hall–Kier alpha value is -3.30. The number of amides is 6. The average Bonchev–Trinajstić information content (AvgIpc) is 1.42. The maximum absolute atomic E-state index is 14.4. The van der Waals surface area contributed by atoms with E-state index in [1.165, 1.54) is 0 Å². The van der Waals surface area contributed by atoms with Gasteiger partial charge in [0.25, 0.3) is 0 Å². The topological polar surface area (TPSA) is 235 Å². The molecule has 9 N–H and O–H groups in total. The first kappa shape index (κ1) is 76.9. The van der Waals surface area contributed by atoms with Gasteiger partial charge < -0.3 is 47.2 Å². The molecule has 576 valence electrons. The third-order valence-corrected chi connectivity index (χ3v) is 35.9. The van der Waals surface area contributed by atoms with E-state index in [1.54, 1.807) is 0 Å². The van der Waals surface area contributed by atoms with Crippen LogP contribution in [0.2, 0.25) is 0 Å². The fraction of sp³-hybridized carbons (Fsp3) is 0.931. The number of rotatable bonds is 3. The van der Waals surface area contributed by atoms with Crippen LogP contribution in [-0.4, -0.2) is 105 Å². The first-order valence-corrected chi connectivity index (χ1v) is 43.0. The molecule has 19 fully saturated rings. The van der Waals surface area contributed by atoms with Crippen LogP contribution in [0.15, 0.2) is 0 Å². The third-order valence-electron chi connectivity index (χ3n) is 35.9. The zero-order valence-electron chi connectivity index (χ0n) is 66.3. The highest BCUT2D eigenvalue weighted by atomic mass is 16.3. The lowest BCUT2D eigenvalue weighted by Gasteiger charge is -2.62. The van der Waals surface area contributed by atoms with Crippen molar-refractivity contribution in [3.63, 3.8) is 0 Å². The first-order chi connectivity index (χ1) is 48.2. The smallest absolute Gasteiger partial charge is 0.243 e. The molecule has 12 saturated carbocycles. The summed E-state index contributed by atoms with van der Waals surface area (Å²) >= 11 is 0. The Morgan fingerprint density at radius 1 is 0.304 bits per heavy atom. The van der Waals surface area contributed by atoms with Crippen molar-refractivity contribution in [3.05, 3.63) is 0 Å². The van der Waals surface area contributed by atoms with E-state index in [4.69, 9.17) is 0 Å². The van der Waals surface area contributed by atoms with E-state index in [0.29, 0.717) is 127 Å². The van der Waals surface area contributed by atoms with Gasteiger partial charge in [-0.2, -0.15) is 0 Å². The van der Waals surface area contributed by atoms with Crippen LogP contribution in [0.25, 0.3) is 0 Å². The van der Waals surface area contributed by atoms with Gasteiger partial charge in [-0.25, -0.2) is 0 Å². The van der Waals surface area contributed by atoms with Crippen molar-refractivity contribution < 1.29 is 44.1 Å². The molecule has 15 heteroatoms. The molecule has 0 aromatic rings. The average molecular weight is 1420 g/mol. The Morgan fingerprint density at radius 3 is 0.794 bits per heavy atom. The van der Waals surface area contributed by atoms with E-state index in [9.17, 15) is 44.1 Å². The minimum Gasteiger partial charge on any atom is -0.393 e. The molecule has 15 nitrogen and oxygen atoms in total. The molecular weight excluding hydrogens is 1270 g/mol. The van der Waals surface area contributed by atoms with Crippen molar-refractivity contribution in [2.45, 2.75) is 351 Å². The normalized spacial score (nSPS) is 51.4. The third kappa shape index (κ3) is 13.3. The summed E-state index contributed by atoms with van der Waals surface area (Å²) in [6, 6.07) is -1.76. The fourth-order valence-corrected chi connectivity index (χ4v) is 29.8. The van der Waals surface area contributed by atoms with Gasteiger partial charge in [0.1, 0.15) is 18.1 Å². The molecule has 0 aromatic heterocycles. The first-order valence-electron chi connectivity index (χ1n) is 43.0. The monoisotopic (exact) mass is 1420 g/mol. The Bertz CT molecular complexity index is 2750. The largest absolute Gasteiger partial charge is 0.393 e. The molecule has 0 radical (unpaired) electrons. The van der Waals surface area contributed by atoms with E-state index in [-0.39, 0.29) is 122 Å². The molecule has 6 amide bonds. The summed E-state index contributed by atoms with van der Waals surface area (Å²) in [6.45, 7) is 33.8. The van der Waals surface area contributed by atoms with Crippen LogP contribution in [0.5, 0.6) is 0 Å². The summed E-state index contributed by atoms with van der Waals surface area (Å²) in [4.78, 5) is 85.6. The summed E-state index contributed by atoms with van der Waals surface area (Å²) in [5.74, 6) is 6.39. The number of carbonyl (C=O) groups is 6. The standard InChI is InChI=1S/C87H144N6O9/c1-46(2)76-79(100)88-55-34-37-82(10)52(40-55)19-22-58-65-29-26-62(86(65,14)71(95)43-67(58)82)50(8)17-32-74(98)92-78(48(5)6)81(102)90-57-36-39-84(12)54(42-57)21-24-60-66-30-27-63(87(66,15)72(96)45-69(60)84)51(9)18-33-75(99)93-77(47(3)4)80(101)89-56-35-38-83(11)53(41-56)20-23-59-64-28-25-61(49(7)16-31-73(97)91-76)85(64,13)70(94)44-68(59)83/h46-72,76-78,94-96H,16-45H2,1-15H3,(H,88,100)(H,89,101)(H,90,102)(H,91,97)(H,92,98)(H,93,99)/t49-,50-,51-,52-,53-,54-,55-,56-,57-,58+,59+,60+,61-,62-,63-,64+,65+,66+,67+,68+,69+,70+,71+,72+,76+,77+,78+,82+,83+,84+,85-,86-,87-/m1/s1. The molecular formula is C87H144N6O9. The van der Waals surface area contributed by atoms with Crippen LogP contribution >= 0.6 is 0 Å². The number of aliphatic hydroxyl groups is 3. The lowest BCUT2D eigenvalue weighted by molar-refractivity contribution is -0.170. The molecule has 7 aliphatic heterocycles. The van der Waals surface area contributed by atoms with Crippen molar-refractivity contribution >= 4 is 35.4 Å². The maximum atomic E-state index is 14.4. The van der Waals surface area contributed by atoms with Crippen LogP contribution < -0.4 is 31.9 Å². The minimum atomic E-state index is -0.626. The quantitative estimate of drug-likeness (QED) is 0.131. The van der Waals surface area contributed by atoms with Gasteiger partial charge in [-0.3, -0.25) is 28.8 Å². The number of carbonyl (C=O) groups excluding carboxylic acids is 6. The van der Waals surface area contributed by atoms with Crippen molar-refractivity contribution in [2.75, 3.05) is 0 Å². The second-order valence-electron chi connectivity index (χ2n) is 41.2. The molecule has 24 bridgehead atoms. The van der Waals surface area contributed by atoms with Gasteiger partial charge >= 0.3 is 0 Å². The van der Waals surface area contributed by atoms with Crippen molar-refractivity contribution in [1.29, 1.82) is 0 Å². The lowest BCUT2D eigenvalue weighted by Crippen LogP contribution is -2.60. The van der Waals surface area contributed by atoms with Crippen molar-refractivity contribution in [1.82, 2.24) is 31.9 Å². The number of nitrogens with one attached hydrogen (secondary N) is 6. The molecule has 19 aliphatic rings. The highest BCUT2D eigenvalue weighted by Gasteiger charge is 2.68. The van der Waals surface area contributed by atoms with Crippen LogP contribution in [-0.2, 0) is 28.8 Å². The number of hydrogen-bond donors (Lipinski definition) is 9. The molecule has 12 aliphatic carbocycles. The molecule has 0 aromatic carbocycles. The van der Waals surface area contributed by atoms with Crippen molar-refractivity contribution in [2.24, 2.45) is 157 Å². The Balaban J connectivity index is 0.687. The van der Waals surface area contributed by atoms with Crippen molar-refractivity contribution in [3.8, 4) is 0 Å². The molecule has 102 heavy (non-hydrogen) atoms. The Kier molecular flexibility index (Phi) is 22.1. The zero-order valence-corrected chi connectivity index (χ0v) is 66.3. The molecule has 0 unspecified atom stereocenters. The van der Waals surface area contributed by atoms with E-state index in [2.05, 4.69) is 94.2 Å². The maximum Gasteiger partial charge on any atom is 0.243 e. The van der Waals surface area contributed by atoms with E-state index >= 15 is 0 Å². The summed E-state index contributed by atoms with van der Waals surface area (Å²) in [6.07, 6.45) is 26.1. The van der Waals surface area contributed by atoms with Gasteiger partial charge in [0.2, 0.25) is 35.4 Å². The summed E-state index contributed by atoms with van der Waals surface area (Å²) in [5.41, 5.74) is -0.463. The SMILES string of the molecule is CC(C)[C@@H]1NC(=O)CC[C@@H](C)[C@H]2CC[C@H]3[C@@H]4CC[C@@H]5C[C@@H](CC[C@]5(C)[C@H]4C[C@H](O)[C@]23C)NC(=O)[C@H](C(C)C)NC(=O)CC[C@@H](C)[C@H]2CC[C@H]3[C@@H]4CC[C@@H]5C[C@@H](CC[C@]5(C)[C@H]4C[C@H](O)[C@]23C)NC(=O)[C@H](C(C)C)NC(=O)CC[C@@H](C)[C@H]2CC[C@H]3[C@@H]4CC[C@@H]5C[C@@H](CC[C@]5(C)[C@H]4C[C@H](O)[C@]23C)NC1=O. The molecule has 7 heterocycles. The number of hydrogen-bond acceptors (Lipinski definition) is 9. The lowest BCUT2D eigenvalue weighted by atomic mass is 9.43. The minimum absolute atomic E-state index is 0.0383. The Morgan fingerprint density at radius 2 is 0.549 bits per heavy atom. The predicted molar refractivity (Wildman–Crippen MR) is 401 cm³/mol. The number of aliphatic hydroxyl groups excluding tert-OH is 3. The molecule has 19 rings (SSSR count). The van der Waals surface area contributed by atoms with Gasteiger partial charge in [0.15, 0.2) is 0 Å². The van der Waals surface area contributed by atoms with Crippen LogP contribution in [0, 0.1) is 157 Å². The highest BCUT2D eigenvalue weighted by Crippen LogP contribution is 2.72. The van der Waals surface area contributed by atoms with Gasteiger partial charge in [0.05, 0.1) is 18.3 Å². The van der Waals surface area contributed by atoms with Crippen LogP contribution in [0.3, 0.4) is 0 Å². The second-order valence-corrected chi connectivity index (χ2v) is 41.2. The molecule has 7 saturated heterocycles. The summed E-state index contributed by atoms with van der Waals surface area (Å²) in [7, 11) is 0. The summed E-state index contributed by atoms with van der Waals surface area (Å²) < 4.78 is 0. The zero-order chi connectivity index (χ0) is 73.2. The van der Waals surface area contributed by atoms with Gasteiger partial charge in [-0.05, 0) is 330 Å². The van der Waals surface area contributed by atoms with E-state index < -0.39 is 36.4 Å². The van der Waals surface area contributed by atoms with E-state index in [1.807, 2.05) is 41.5 Å². The summed E-state index contributed by atoms with van der Waals surface area (Å²) in [5, 5.41) is 58.0. The van der Waals surface area contributed by atoms with Gasteiger partial charge in [-0.1, -0.05) is 104 Å². The van der Waals surface area contributed by atoms with Crippen LogP contribution in [0.4, 0.5) is 0 Å². The van der Waals surface area contributed by atoms with E-state index in [0.717, 1.165) is 154 Å². The highest BCUT2D eigenvalue weighted by molar-refractivity contribution is 5.89. The van der Waals surface area contributed by atoms with Gasteiger partial charge in [-0.15, -0.1) is 0 Å².